The average molecular weight is 313 g/mol. The molecule has 0 atom stereocenters. The molecule has 7 nitrogen and oxygen atoms in total. The fourth-order valence-electron chi connectivity index (χ4n) is 2.65. The molecule has 7 heteroatoms. The molecule has 0 spiro atoms. The standard InChI is InChI=1S/C16H23N7/c1-21-6-8-22(9-7-21)14-2-3-16(15(17)10-14)19-5-4-13-11-20-23(18)12-13/h2-3,5,10-12H,4,6-9,17-18H2,1H3/b19-5-. The predicted octanol–water partition coefficient (Wildman–Crippen LogP) is 0.876. The van der Waals surface area contributed by atoms with E-state index in [0.29, 0.717) is 12.1 Å². The number of nitrogens with zero attached hydrogens (tertiary/aromatic N) is 5. The second-order valence-electron chi connectivity index (χ2n) is 5.88. The second-order valence-corrected chi connectivity index (χ2v) is 5.88. The van der Waals surface area contributed by atoms with E-state index >= 15 is 0 Å². The topological polar surface area (TPSA) is 88.7 Å². The summed E-state index contributed by atoms with van der Waals surface area (Å²) in [5, 5.41) is 3.93. The molecule has 1 aliphatic heterocycles. The SMILES string of the molecule is CN1CCN(c2ccc(/N=C\Cc3cnn(N)c3)c(N)c2)CC1. The number of nitrogen functional groups attached to an aromatic ring is 2. The number of nitrogens with two attached hydrogens (primary N) is 2. The van der Waals surface area contributed by atoms with Crippen LogP contribution >= 0.6 is 0 Å². The summed E-state index contributed by atoms with van der Waals surface area (Å²) < 4.78 is 0. The van der Waals surface area contributed by atoms with Gasteiger partial charge in [-0.05, 0) is 30.8 Å². The molecule has 1 aromatic carbocycles. The van der Waals surface area contributed by atoms with Gasteiger partial charge in [0.15, 0.2) is 0 Å². The number of hydrogen-bond donors (Lipinski definition) is 2. The molecule has 4 N–H and O–H groups in total. The Hall–Kier alpha value is -2.54. The first kappa shape index (κ1) is 15.4. The highest BCUT2D eigenvalue weighted by atomic mass is 15.5. The number of aliphatic imine (C=N–C) groups is 1. The highest BCUT2D eigenvalue weighted by molar-refractivity contribution is 5.75. The van der Waals surface area contributed by atoms with Crippen molar-refractivity contribution in [2.75, 3.05) is 49.7 Å². The van der Waals surface area contributed by atoms with Gasteiger partial charge in [-0.3, -0.25) is 4.99 Å². The number of aromatic nitrogens is 2. The summed E-state index contributed by atoms with van der Waals surface area (Å²) in [5.41, 5.74) is 9.83. The van der Waals surface area contributed by atoms with Gasteiger partial charge in [0.1, 0.15) is 0 Å². The zero-order chi connectivity index (χ0) is 16.2. The van der Waals surface area contributed by atoms with Crippen LogP contribution in [-0.4, -0.2) is 54.2 Å². The molecular weight excluding hydrogens is 290 g/mol. The Morgan fingerprint density at radius 2 is 2.04 bits per heavy atom. The Labute approximate surface area is 136 Å². The molecule has 0 amide bonds. The van der Waals surface area contributed by atoms with E-state index in [2.05, 4.69) is 33.0 Å². The second kappa shape index (κ2) is 6.70. The van der Waals surface area contributed by atoms with E-state index in [4.69, 9.17) is 11.6 Å². The van der Waals surface area contributed by atoms with Crippen molar-refractivity contribution in [3.05, 3.63) is 36.2 Å². The molecule has 2 aromatic rings. The van der Waals surface area contributed by atoms with Crippen LogP contribution in [-0.2, 0) is 6.42 Å². The maximum atomic E-state index is 6.15. The highest BCUT2D eigenvalue weighted by Crippen LogP contribution is 2.28. The van der Waals surface area contributed by atoms with E-state index in [1.54, 1.807) is 12.4 Å². The molecule has 1 fully saturated rings. The molecule has 0 unspecified atom stereocenters. The summed E-state index contributed by atoms with van der Waals surface area (Å²) in [6.07, 6.45) is 6.01. The molecule has 3 rings (SSSR count). The minimum Gasteiger partial charge on any atom is -0.397 e. The Bertz CT molecular complexity index is 683. The Kier molecular flexibility index (Phi) is 4.47. The third kappa shape index (κ3) is 3.81. The minimum absolute atomic E-state index is 0.677. The molecule has 1 aliphatic rings. The number of benzene rings is 1. The molecule has 0 bridgehead atoms. The molecule has 1 aromatic heterocycles. The summed E-state index contributed by atoms with van der Waals surface area (Å²) >= 11 is 0. The molecule has 1 saturated heterocycles. The lowest BCUT2D eigenvalue weighted by Crippen LogP contribution is -2.44. The van der Waals surface area contributed by atoms with E-state index in [-0.39, 0.29) is 0 Å². The first-order valence-electron chi connectivity index (χ1n) is 7.76. The normalized spacial score (nSPS) is 16.3. The van der Waals surface area contributed by atoms with E-state index in [1.165, 1.54) is 10.5 Å². The van der Waals surface area contributed by atoms with Crippen LogP contribution < -0.4 is 16.5 Å². The van der Waals surface area contributed by atoms with Crippen LogP contribution in [0.5, 0.6) is 0 Å². The Morgan fingerprint density at radius 3 is 2.70 bits per heavy atom. The van der Waals surface area contributed by atoms with Gasteiger partial charge in [0, 0.05) is 44.5 Å². The van der Waals surface area contributed by atoms with Crippen LogP contribution in [0.4, 0.5) is 17.1 Å². The third-order valence-corrected chi connectivity index (χ3v) is 4.09. The molecule has 122 valence electrons. The van der Waals surface area contributed by atoms with E-state index in [1.807, 2.05) is 18.3 Å². The number of hydrogen-bond acceptors (Lipinski definition) is 6. The molecule has 0 saturated carbocycles. The zero-order valence-corrected chi connectivity index (χ0v) is 13.4. The average Bonchev–Trinajstić information content (AvgIpc) is 2.95. The van der Waals surface area contributed by atoms with Gasteiger partial charge in [0.2, 0.25) is 0 Å². The fourth-order valence-corrected chi connectivity index (χ4v) is 2.65. The van der Waals surface area contributed by atoms with Gasteiger partial charge in [-0.1, -0.05) is 0 Å². The van der Waals surface area contributed by atoms with Gasteiger partial charge in [0.05, 0.1) is 23.8 Å². The highest BCUT2D eigenvalue weighted by Gasteiger charge is 2.14. The lowest BCUT2D eigenvalue weighted by atomic mass is 10.2. The lowest BCUT2D eigenvalue weighted by molar-refractivity contribution is 0.313. The van der Waals surface area contributed by atoms with Crippen LogP contribution in [0.2, 0.25) is 0 Å². The lowest BCUT2D eigenvalue weighted by Gasteiger charge is -2.34. The van der Waals surface area contributed by atoms with Crippen molar-refractivity contribution in [1.29, 1.82) is 0 Å². The summed E-state index contributed by atoms with van der Waals surface area (Å²) in [5.74, 6) is 5.52. The van der Waals surface area contributed by atoms with E-state index in [9.17, 15) is 0 Å². The molecule has 0 radical (unpaired) electrons. The summed E-state index contributed by atoms with van der Waals surface area (Å²) in [6, 6.07) is 6.08. The summed E-state index contributed by atoms with van der Waals surface area (Å²) in [7, 11) is 2.15. The van der Waals surface area contributed by atoms with Gasteiger partial charge in [-0.15, -0.1) is 0 Å². The quantitative estimate of drug-likeness (QED) is 0.497. The Morgan fingerprint density at radius 1 is 1.26 bits per heavy atom. The minimum atomic E-state index is 0.677. The van der Waals surface area contributed by atoms with Gasteiger partial charge in [-0.25, -0.2) is 0 Å². The van der Waals surface area contributed by atoms with Crippen molar-refractivity contribution >= 4 is 23.3 Å². The maximum absolute atomic E-state index is 6.15. The van der Waals surface area contributed by atoms with Crippen LogP contribution in [0.15, 0.2) is 35.6 Å². The molecule has 0 aliphatic carbocycles. The molecule has 2 heterocycles. The van der Waals surface area contributed by atoms with Crippen LogP contribution in [0.3, 0.4) is 0 Å². The first-order valence-corrected chi connectivity index (χ1v) is 7.76. The van der Waals surface area contributed by atoms with Gasteiger partial charge in [-0.2, -0.15) is 9.89 Å². The molecule has 23 heavy (non-hydrogen) atoms. The van der Waals surface area contributed by atoms with Crippen molar-refractivity contribution in [2.45, 2.75) is 6.42 Å². The van der Waals surface area contributed by atoms with Gasteiger partial charge >= 0.3 is 0 Å². The zero-order valence-electron chi connectivity index (χ0n) is 13.4. The third-order valence-electron chi connectivity index (χ3n) is 4.09. The van der Waals surface area contributed by atoms with Crippen molar-refractivity contribution in [3.8, 4) is 0 Å². The van der Waals surface area contributed by atoms with E-state index in [0.717, 1.165) is 37.4 Å². The fraction of sp³-hybridized carbons (Fsp3) is 0.375. The van der Waals surface area contributed by atoms with Crippen LogP contribution in [0.1, 0.15) is 5.56 Å². The Balaban J connectivity index is 1.64. The monoisotopic (exact) mass is 313 g/mol. The predicted molar refractivity (Wildman–Crippen MR) is 94.8 cm³/mol. The van der Waals surface area contributed by atoms with E-state index < -0.39 is 0 Å². The molecular formula is C16H23N7. The van der Waals surface area contributed by atoms with Crippen molar-refractivity contribution in [1.82, 2.24) is 14.8 Å². The van der Waals surface area contributed by atoms with Crippen LogP contribution in [0, 0.1) is 0 Å². The number of likely N-dealkylation sites (N-methyl/N-ethyl adjacent to an activating group) is 1. The van der Waals surface area contributed by atoms with Gasteiger partial charge in [0.25, 0.3) is 0 Å². The number of piperazine rings is 1. The summed E-state index contributed by atoms with van der Waals surface area (Å²) in [6.45, 7) is 4.21. The largest absolute Gasteiger partial charge is 0.397 e. The van der Waals surface area contributed by atoms with Gasteiger partial charge < -0.3 is 21.4 Å². The van der Waals surface area contributed by atoms with Crippen molar-refractivity contribution in [2.24, 2.45) is 4.99 Å². The van der Waals surface area contributed by atoms with Crippen LogP contribution in [0.25, 0.3) is 0 Å². The smallest absolute Gasteiger partial charge is 0.0856 e. The summed E-state index contributed by atoms with van der Waals surface area (Å²) in [4.78, 5) is 10.4. The number of anilines is 2. The van der Waals surface area contributed by atoms with Crippen molar-refractivity contribution < 1.29 is 0 Å². The first-order chi connectivity index (χ1) is 11.1. The maximum Gasteiger partial charge on any atom is 0.0856 e. The van der Waals surface area contributed by atoms with Crippen molar-refractivity contribution in [3.63, 3.8) is 0 Å². The number of rotatable bonds is 4.